The standard InChI is InChI=1S/C16H19Cl2NO2/c17-13-6-7-15(18)12(11-13)5-8-16(21)19(9-2-10-20)14-3-1-4-14/h5-8,11,14,20H,1-4,9-10H2/b8-5+. The lowest BCUT2D eigenvalue weighted by Gasteiger charge is -2.37. The smallest absolute Gasteiger partial charge is 0.246 e. The van der Waals surface area contributed by atoms with Gasteiger partial charge in [0.05, 0.1) is 0 Å². The molecule has 1 saturated carbocycles. The van der Waals surface area contributed by atoms with Gasteiger partial charge in [-0.15, -0.1) is 0 Å². The second-order valence-corrected chi connectivity index (χ2v) is 6.04. The minimum Gasteiger partial charge on any atom is -0.396 e. The molecule has 0 spiro atoms. The lowest BCUT2D eigenvalue weighted by Crippen LogP contribution is -2.44. The van der Waals surface area contributed by atoms with E-state index in [0.717, 1.165) is 24.8 Å². The third kappa shape index (κ3) is 4.47. The van der Waals surface area contributed by atoms with E-state index < -0.39 is 0 Å². The van der Waals surface area contributed by atoms with Gasteiger partial charge >= 0.3 is 0 Å². The Bertz CT molecular complexity index is 527. The molecular weight excluding hydrogens is 309 g/mol. The molecule has 0 radical (unpaired) electrons. The van der Waals surface area contributed by atoms with Crippen LogP contribution in [0.5, 0.6) is 0 Å². The molecule has 1 amide bonds. The van der Waals surface area contributed by atoms with Crippen LogP contribution in [-0.4, -0.2) is 35.1 Å². The zero-order valence-electron chi connectivity index (χ0n) is 11.8. The monoisotopic (exact) mass is 327 g/mol. The lowest BCUT2D eigenvalue weighted by molar-refractivity contribution is -0.130. The van der Waals surface area contributed by atoms with Gasteiger partial charge in [0.25, 0.3) is 0 Å². The summed E-state index contributed by atoms with van der Waals surface area (Å²) in [5.41, 5.74) is 0.730. The molecule has 114 valence electrons. The van der Waals surface area contributed by atoms with Gasteiger partial charge in [-0.1, -0.05) is 23.2 Å². The van der Waals surface area contributed by atoms with Gasteiger partial charge in [0.1, 0.15) is 0 Å². The first-order valence-electron chi connectivity index (χ1n) is 7.16. The van der Waals surface area contributed by atoms with Crippen molar-refractivity contribution in [1.29, 1.82) is 0 Å². The quantitative estimate of drug-likeness (QED) is 0.808. The van der Waals surface area contributed by atoms with Crippen LogP contribution in [0.15, 0.2) is 24.3 Å². The normalized spacial score (nSPS) is 15.2. The van der Waals surface area contributed by atoms with Gasteiger partial charge in [-0.3, -0.25) is 4.79 Å². The molecule has 0 saturated heterocycles. The van der Waals surface area contributed by atoms with E-state index in [-0.39, 0.29) is 12.5 Å². The molecule has 0 atom stereocenters. The van der Waals surface area contributed by atoms with Crippen molar-refractivity contribution in [3.63, 3.8) is 0 Å². The van der Waals surface area contributed by atoms with Crippen LogP contribution in [-0.2, 0) is 4.79 Å². The summed E-state index contributed by atoms with van der Waals surface area (Å²) in [6, 6.07) is 5.47. The van der Waals surface area contributed by atoms with E-state index in [1.807, 2.05) is 4.90 Å². The lowest BCUT2D eigenvalue weighted by atomic mass is 9.91. The van der Waals surface area contributed by atoms with E-state index >= 15 is 0 Å². The predicted molar refractivity (Wildman–Crippen MR) is 86.6 cm³/mol. The Balaban J connectivity index is 2.06. The number of benzene rings is 1. The van der Waals surface area contributed by atoms with Gasteiger partial charge in [-0.25, -0.2) is 0 Å². The number of hydrogen-bond acceptors (Lipinski definition) is 2. The fraction of sp³-hybridized carbons (Fsp3) is 0.438. The van der Waals surface area contributed by atoms with Crippen LogP contribution < -0.4 is 0 Å². The Labute approximate surface area is 135 Å². The molecule has 0 heterocycles. The molecule has 2 rings (SSSR count). The molecule has 0 aromatic heterocycles. The molecule has 0 bridgehead atoms. The molecule has 21 heavy (non-hydrogen) atoms. The number of aliphatic hydroxyl groups excluding tert-OH is 1. The number of rotatable bonds is 6. The van der Waals surface area contributed by atoms with Crippen LogP contribution in [0.4, 0.5) is 0 Å². The molecule has 5 heteroatoms. The van der Waals surface area contributed by atoms with Gasteiger partial charge < -0.3 is 10.0 Å². The maximum atomic E-state index is 12.3. The van der Waals surface area contributed by atoms with Crippen LogP contribution in [0.1, 0.15) is 31.2 Å². The molecule has 1 aliphatic rings. The highest BCUT2D eigenvalue weighted by Gasteiger charge is 2.27. The summed E-state index contributed by atoms with van der Waals surface area (Å²) in [4.78, 5) is 14.2. The van der Waals surface area contributed by atoms with Crippen molar-refractivity contribution in [2.24, 2.45) is 0 Å². The number of hydrogen-bond donors (Lipinski definition) is 1. The van der Waals surface area contributed by atoms with Gasteiger partial charge in [-0.05, 0) is 55.5 Å². The van der Waals surface area contributed by atoms with Crippen molar-refractivity contribution < 1.29 is 9.90 Å². The number of halogens is 2. The Kier molecular flexibility index (Phi) is 6.09. The first-order chi connectivity index (χ1) is 10.1. The first kappa shape index (κ1) is 16.3. The molecule has 1 fully saturated rings. The summed E-state index contributed by atoms with van der Waals surface area (Å²) >= 11 is 12.0. The summed E-state index contributed by atoms with van der Waals surface area (Å²) in [5.74, 6) is -0.0378. The van der Waals surface area contributed by atoms with Crippen LogP contribution in [0.3, 0.4) is 0 Å². The number of nitrogens with zero attached hydrogens (tertiary/aromatic N) is 1. The zero-order chi connectivity index (χ0) is 15.2. The predicted octanol–water partition coefficient (Wildman–Crippen LogP) is 3.77. The highest BCUT2D eigenvalue weighted by atomic mass is 35.5. The number of aliphatic hydroxyl groups is 1. The second kappa shape index (κ2) is 7.83. The molecule has 0 unspecified atom stereocenters. The second-order valence-electron chi connectivity index (χ2n) is 5.19. The molecule has 3 nitrogen and oxygen atoms in total. The minimum absolute atomic E-state index is 0.0378. The van der Waals surface area contributed by atoms with Gasteiger partial charge in [0.2, 0.25) is 5.91 Å². The highest BCUT2D eigenvalue weighted by Crippen LogP contribution is 2.26. The number of carbonyl (C=O) groups excluding carboxylic acids is 1. The third-order valence-electron chi connectivity index (χ3n) is 3.72. The van der Waals surface area contributed by atoms with Gasteiger partial charge in [0, 0.05) is 35.3 Å². The van der Waals surface area contributed by atoms with Crippen molar-refractivity contribution in [2.45, 2.75) is 31.7 Å². The van der Waals surface area contributed by atoms with Crippen molar-refractivity contribution >= 4 is 35.2 Å². The largest absolute Gasteiger partial charge is 0.396 e. The summed E-state index contributed by atoms with van der Waals surface area (Å²) in [7, 11) is 0. The average Bonchev–Trinajstić information content (AvgIpc) is 2.41. The molecule has 1 N–H and O–H groups in total. The van der Waals surface area contributed by atoms with E-state index in [0.29, 0.717) is 29.1 Å². The summed E-state index contributed by atoms with van der Waals surface area (Å²) < 4.78 is 0. The van der Waals surface area contributed by atoms with E-state index in [4.69, 9.17) is 28.3 Å². The topological polar surface area (TPSA) is 40.5 Å². The Morgan fingerprint density at radius 1 is 1.38 bits per heavy atom. The SMILES string of the molecule is O=C(/C=C/c1cc(Cl)ccc1Cl)N(CCCO)C1CCC1. The molecule has 1 aromatic rings. The zero-order valence-corrected chi connectivity index (χ0v) is 13.3. The Morgan fingerprint density at radius 3 is 2.76 bits per heavy atom. The fourth-order valence-corrected chi connectivity index (χ4v) is 2.67. The number of carbonyl (C=O) groups is 1. The van der Waals surface area contributed by atoms with Crippen molar-refractivity contribution in [2.75, 3.05) is 13.2 Å². The third-order valence-corrected chi connectivity index (χ3v) is 4.30. The maximum absolute atomic E-state index is 12.3. The fourth-order valence-electron chi connectivity index (χ4n) is 2.31. The van der Waals surface area contributed by atoms with E-state index in [9.17, 15) is 4.79 Å². The van der Waals surface area contributed by atoms with E-state index in [1.165, 1.54) is 6.08 Å². The summed E-state index contributed by atoms with van der Waals surface area (Å²) in [6.45, 7) is 0.688. The summed E-state index contributed by atoms with van der Waals surface area (Å²) in [6.07, 6.45) is 7.09. The average molecular weight is 328 g/mol. The van der Waals surface area contributed by atoms with Crippen LogP contribution in [0.2, 0.25) is 10.0 Å². The Morgan fingerprint density at radius 2 is 2.14 bits per heavy atom. The van der Waals surface area contributed by atoms with Crippen molar-refractivity contribution in [3.05, 3.63) is 39.9 Å². The first-order valence-corrected chi connectivity index (χ1v) is 7.92. The van der Waals surface area contributed by atoms with Gasteiger partial charge in [0.15, 0.2) is 0 Å². The highest BCUT2D eigenvalue weighted by molar-refractivity contribution is 6.34. The minimum atomic E-state index is -0.0378. The van der Waals surface area contributed by atoms with E-state index in [1.54, 1.807) is 24.3 Å². The van der Waals surface area contributed by atoms with Crippen LogP contribution in [0.25, 0.3) is 6.08 Å². The molecule has 1 aliphatic carbocycles. The molecule has 1 aromatic carbocycles. The summed E-state index contributed by atoms with van der Waals surface area (Å²) in [5, 5.41) is 10.1. The Hall–Kier alpha value is -1.03. The van der Waals surface area contributed by atoms with Crippen molar-refractivity contribution in [1.82, 2.24) is 4.90 Å². The number of amides is 1. The van der Waals surface area contributed by atoms with Gasteiger partial charge in [-0.2, -0.15) is 0 Å². The van der Waals surface area contributed by atoms with Crippen molar-refractivity contribution in [3.8, 4) is 0 Å². The molecular formula is C16H19Cl2NO2. The maximum Gasteiger partial charge on any atom is 0.246 e. The van der Waals surface area contributed by atoms with E-state index in [2.05, 4.69) is 0 Å². The van der Waals surface area contributed by atoms with Crippen LogP contribution >= 0.6 is 23.2 Å². The van der Waals surface area contributed by atoms with Crippen LogP contribution in [0, 0.1) is 0 Å². The molecule has 0 aliphatic heterocycles.